The highest BCUT2D eigenvalue weighted by Crippen LogP contribution is 2.46. The van der Waals surface area contributed by atoms with E-state index in [1.54, 1.807) is 30.9 Å². The molecule has 11 heteroatoms. The molecule has 3 aromatic heterocycles. The number of nitrogens with zero attached hydrogens (tertiary/aromatic N) is 5. The number of anilines is 1. The number of hydrogen-bond acceptors (Lipinski definition) is 8. The van der Waals surface area contributed by atoms with Gasteiger partial charge in [0, 0.05) is 47.2 Å². The van der Waals surface area contributed by atoms with E-state index in [9.17, 15) is 9.59 Å². The number of hydrogen-bond donors (Lipinski definition) is 1. The van der Waals surface area contributed by atoms with Crippen molar-refractivity contribution in [2.24, 2.45) is 5.73 Å². The fraction of sp³-hybridized carbons (Fsp3) is 0.417. The zero-order valence-corrected chi connectivity index (χ0v) is 21.4. The van der Waals surface area contributed by atoms with E-state index in [1.807, 2.05) is 26.8 Å². The van der Waals surface area contributed by atoms with Crippen molar-refractivity contribution in [1.82, 2.24) is 19.9 Å². The Morgan fingerprint density at radius 2 is 1.89 bits per heavy atom. The molecule has 0 saturated heterocycles. The smallest absolute Gasteiger partial charge is 0.417 e. The Hall–Kier alpha value is -3.11. The van der Waals surface area contributed by atoms with Gasteiger partial charge in [0.15, 0.2) is 0 Å². The molecule has 0 radical (unpaired) electrons. The van der Waals surface area contributed by atoms with Gasteiger partial charge >= 0.3 is 6.09 Å². The van der Waals surface area contributed by atoms with Crippen LogP contribution in [0.15, 0.2) is 36.9 Å². The van der Waals surface area contributed by atoms with Gasteiger partial charge in [0.05, 0.1) is 17.1 Å². The molecule has 184 valence electrons. The molecule has 3 aromatic rings. The lowest BCUT2D eigenvalue weighted by Gasteiger charge is -2.44. The summed E-state index contributed by atoms with van der Waals surface area (Å²) in [5.41, 5.74) is 5.61. The van der Waals surface area contributed by atoms with Crippen LogP contribution in [0, 0.1) is 0 Å². The van der Waals surface area contributed by atoms with E-state index >= 15 is 0 Å². The SMILES string of the molecule is CC(C)(C)OC(=O)N(CC1(c2ncccc2Cl)CCC1)c1ncc(-c2ncc(CC(N)=O)s2)cn1. The Labute approximate surface area is 212 Å². The topological polar surface area (TPSA) is 124 Å². The normalized spacial score (nSPS) is 14.7. The summed E-state index contributed by atoms with van der Waals surface area (Å²) in [7, 11) is 0. The van der Waals surface area contributed by atoms with Crippen LogP contribution in [0.1, 0.15) is 50.6 Å². The van der Waals surface area contributed by atoms with Crippen LogP contribution < -0.4 is 10.6 Å². The van der Waals surface area contributed by atoms with Gasteiger partial charge in [-0.25, -0.2) is 24.6 Å². The number of thiazole rings is 1. The highest BCUT2D eigenvalue weighted by Gasteiger charge is 2.45. The summed E-state index contributed by atoms with van der Waals surface area (Å²) in [6.07, 6.45) is 8.80. The molecule has 0 bridgehead atoms. The molecule has 4 rings (SSSR count). The van der Waals surface area contributed by atoms with Crippen molar-refractivity contribution in [3.05, 3.63) is 52.5 Å². The lowest BCUT2D eigenvalue weighted by molar-refractivity contribution is -0.117. The van der Waals surface area contributed by atoms with Crippen LogP contribution in [0.25, 0.3) is 10.6 Å². The van der Waals surface area contributed by atoms with Crippen LogP contribution in [0.3, 0.4) is 0 Å². The molecule has 0 spiro atoms. The largest absolute Gasteiger partial charge is 0.443 e. The fourth-order valence-electron chi connectivity index (χ4n) is 3.95. The molecule has 2 N–H and O–H groups in total. The summed E-state index contributed by atoms with van der Waals surface area (Å²) < 4.78 is 5.69. The van der Waals surface area contributed by atoms with Gasteiger partial charge in [-0.1, -0.05) is 18.0 Å². The number of carbonyl (C=O) groups excluding carboxylic acids is 2. The molecule has 0 aromatic carbocycles. The second kappa shape index (κ2) is 9.87. The molecule has 35 heavy (non-hydrogen) atoms. The standard InChI is InChI=1S/C24H27ClN6O3S/c1-23(2,3)34-22(33)31(14-24(7-5-8-24)19-17(25)6-4-9-27-19)21-29-11-15(12-30-21)20-28-13-16(35-20)10-18(26)32/h4,6,9,11-13H,5,7-8,10,14H2,1-3H3,(H2,26,32). The van der Waals surface area contributed by atoms with Gasteiger partial charge in [0.2, 0.25) is 11.9 Å². The summed E-state index contributed by atoms with van der Waals surface area (Å²) >= 11 is 7.84. The van der Waals surface area contributed by atoms with Crippen molar-refractivity contribution in [1.29, 1.82) is 0 Å². The number of aromatic nitrogens is 4. The van der Waals surface area contributed by atoms with Gasteiger partial charge in [-0.2, -0.15) is 0 Å². The molecule has 2 amide bonds. The number of primary amides is 1. The Bertz CT molecular complexity index is 1220. The third-order valence-corrected chi connectivity index (χ3v) is 7.03. The second-order valence-corrected chi connectivity index (χ2v) is 11.1. The first-order valence-corrected chi connectivity index (χ1v) is 12.4. The minimum absolute atomic E-state index is 0.126. The average molecular weight is 515 g/mol. The zero-order valence-electron chi connectivity index (χ0n) is 19.8. The quantitative estimate of drug-likeness (QED) is 0.490. The van der Waals surface area contributed by atoms with Gasteiger partial charge < -0.3 is 10.5 Å². The highest BCUT2D eigenvalue weighted by atomic mass is 35.5. The van der Waals surface area contributed by atoms with Crippen molar-refractivity contribution in [3.8, 4) is 10.6 Å². The van der Waals surface area contributed by atoms with E-state index in [0.717, 1.165) is 29.8 Å². The first-order valence-electron chi connectivity index (χ1n) is 11.2. The minimum atomic E-state index is -0.692. The first-order chi connectivity index (χ1) is 16.6. The molecule has 1 fully saturated rings. The van der Waals surface area contributed by atoms with Crippen LogP contribution in [-0.2, 0) is 21.4 Å². The van der Waals surface area contributed by atoms with Gasteiger partial charge in [-0.3, -0.25) is 9.78 Å². The Balaban J connectivity index is 1.64. The summed E-state index contributed by atoms with van der Waals surface area (Å²) in [5, 5.41) is 1.23. The van der Waals surface area contributed by atoms with E-state index < -0.39 is 23.0 Å². The molecule has 1 aliphatic carbocycles. The number of ether oxygens (including phenoxy) is 1. The first kappa shape index (κ1) is 25.0. The van der Waals surface area contributed by atoms with Crippen LogP contribution in [0.4, 0.5) is 10.7 Å². The molecular formula is C24H27ClN6O3S. The number of rotatable bonds is 7. The molecule has 0 atom stereocenters. The van der Waals surface area contributed by atoms with Gasteiger partial charge in [0.1, 0.15) is 10.6 Å². The summed E-state index contributed by atoms with van der Waals surface area (Å²) in [5.74, 6) is -0.201. The maximum atomic E-state index is 13.3. The average Bonchev–Trinajstić information content (AvgIpc) is 3.21. The zero-order chi connectivity index (χ0) is 25.2. The lowest BCUT2D eigenvalue weighted by atomic mass is 9.66. The highest BCUT2D eigenvalue weighted by molar-refractivity contribution is 7.15. The van der Waals surface area contributed by atoms with Crippen LogP contribution >= 0.6 is 22.9 Å². The molecule has 3 heterocycles. The van der Waals surface area contributed by atoms with E-state index in [0.29, 0.717) is 15.6 Å². The van der Waals surface area contributed by atoms with Crippen molar-refractivity contribution in [3.63, 3.8) is 0 Å². The van der Waals surface area contributed by atoms with Crippen molar-refractivity contribution in [2.45, 2.75) is 57.5 Å². The monoisotopic (exact) mass is 514 g/mol. The summed E-state index contributed by atoms with van der Waals surface area (Å²) in [6.45, 7) is 5.73. The maximum absolute atomic E-state index is 13.3. The van der Waals surface area contributed by atoms with Crippen molar-refractivity contribution < 1.29 is 14.3 Å². The molecule has 0 aliphatic heterocycles. The number of pyridine rings is 1. The van der Waals surface area contributed by atoms with Crippen LogP contribution in [-0.4, -0.2) is 44.1 Å². The van der Waals surface area contributed by atoms with Gasteiger partial charge in [0.25, 0.3) is 0 Å². The molecule has 0 unspecified atom stereocenters. The lowest BCUT2D eigenvalue weighted by Crippen LogP contribution is -2.50. The maximum Gasteiger partial charge on any atom is 0.417 e. The van der Waals surface area contributed by atoms with Crippen molar-refractivity contribution >= 4 is 40.9 Å². The Morgan fingerprint density at radius 3 is 2.46 bits per heavy atom. The van der Waals surface area contributed by atoms with Gasteiger partial charge in [-0.05, 0) is 45.7 Å². The van der Waals surface area contributed by atoms with E-state index in [-0.39, 0.29) is 18.9 Å². The van der Waals surface area contributed by atoms with Crippen LogP contribution in [0.5, 0.6) is 0 Å². The van der Waals surface area contributed by atoms with E-state index in [1.165, 1.54) is 16.2 Å². The second-order valence-electron chi connectivity index (χ2n) is 9.58. The molecule has 1 aliphatic rings. The third-order valence-electron chi connectivity index (χ3n) is 5.67. The molecular weight excluding hydrogens is 488 g/mol. The Morgan fingerprint density at radius 1 is 1.17 bits per heavy atom. The predicted molar refractivity (Wildman–Crippen MR) is 134 cm³/mol. The predicted octanol–water partition coefficient (Wildman–Crippen LogP) is 4.54. The minimum Gasteiger partial charge on any atom is -0.443 e. The number of nitrogens with two attached hydrogens (primary N) is 1. The molecule has 1 saturated carbocycles. The summed E-state index contributed by atoms with van der Waals surface area (Å²) in [4.78, 5) is 44.5. The summed E-state index contributed by atoms with van der Waals surface area (Å²) in [6, 6.07) is 3.60. The molecule has 9 nitrogen and oxygen atoms in total. The number of halogens is 1. The number of carbonyl (C=O) groups is 2. The fourth-order valence-corrected chi connectivity index (χ4v) is 5.17. The van der Waals surface area contributed by atoms with E-state index in [4.69, 9.17) is 22.1 Å². The van der Waals surface area contributed by atoms with Crippen molar-refractivity contribution in [2.75, 3.05) is 11.4 Å². The van der Waals surface area contributed by atoms with E-state index in [2.05, 4.69) is 19.9 Å². The van der Waals surface area contributed by atoms with Gasteiger partial charge in [-0.15, -0.1) is 11.3 Å². The van der Waals surface area contributed by atoms with Crippen LogP contribution in [0.2, 0.25) is 5.02 Å². The number of amides is 2. The third kappa shape index (κ3) is 5.76. The Kier molecular flexibility index (Phi) is 7.05.